The maximum absolute atomic E-state index is 11.6. The molecule has 2 aromatic heterocycles. The summed E-state index contributed by atoms with van der Waals surface area (Å²) < 4.78 is 23.4. The van der Waals surface area contributed by atoms with E-state index in [1.165, 1.54) is 6.66 Å². The highest BCUT2D eigenvalue weighted by Gasteiger charge is 2.47. The second kappa shape index (κ2) is 12.6. The Morgan fingerprint density at radius 3 is 2.50 bits per heavy atom. The first-order valence-corrected chi connectivity index (χ1v) is 17.2. The lowest BCUT2D eigenvalue weighted by Gasteiger charge is -2.16. The fourth-order valence-electron chi connectivity index (χ4n) is 5.92. The molecule has 1 saturated carbocycles. The Bertz CT molecular complexity index is 1690. The molecule has 6 atom stereocenters. The fraction of sp³-hybridized carbons (Fsp3) is 0.387. The monoisotopic (exact) mass is 640 g/mol. The first kappa shape index (κ1) is 30.7. The summed E-state index contributed by atoms with van der Waals surface area (Å²) in [6.45, 7) is 1.97. The van der Waals surface area contributed by atoms with Gasteiger partial charge >= 0.3 is 5.97 Å². The van der Waals surface area contributed by atoms with Crippen molar-refractivity contribution in [2.75, 3.05) is 19.4 Å². The molecule has 44 heavy (non-hydrogen) atoms. The number of aliphatic hydroxyl groups is 1. The molecule has 2 unspecified atom stereocenters. The Balaban J connectivity index is 1.11. The molecule has 2 aromatic carbocycles. The number of ether oxygens (including phenoxy) is 2. The van der Waals surface area contributed by atoms with Crippen LogP contribution in [0.3, 0.4) is 0 Å². The number of nitrogens with zero attached hydrogens (tertiary/aromatic N) is 2. The number of nitrogens with one attached hydrogen (secondary N) is 2. The molecule has 232 valence electrons. The predicted octanol–water partition coefficient (Wildman–Crippen LogP) is 4.70. The van der Waals surface area contributed by atoms with Crippen LogP contribution in [-0.4, -0.2) is 79.8 Å². The Hall–Kier alpha value is -3.31. The van der Waals surface area contributed by atoms with Gasteiger partial charge in [0, 0.05) is 30.9 Å². The topological polar surface area (TPSA) is 167 Å². The van der Waals surface area contributed by atoms with Gasteiger partial charge in [0.2, 0.25) is 0 Å². The van der Waals surface area contributed by atoms with Crippen LogP contribution in [0.4, 0.5) is 0 Å². The molecule has 0 radical (unpaired) electrons. The van der Waals surface area contributed by atoms with Crippen molar-refractivity contribution < 1.29 is 33.9 Å². The standard InChI is InChI=1S/C31H34ClN4O7P/c1-44(40,41)13-12-23(30(38)39)33-15-17-2-4-18(5-3-17)19-6-8-20(9-7-19)27-22(32)14-24-29(35-27)36-31(34-24)43-26-16-42-28-21(26)10-11-25(28)37/h2-9,14,21,23,25-26,28,33,37H,10-13,15-16H2,1H3,(H,38,39)(H,40,41)(H,34,35,36)/t21-,23?,25-,26-,28+/m1/s1. The zero-order valence-electron chi connectivity index (χ0n) is 24.0. The van der Waals surface area contributed by atoms with Crippen LogP contribution >= 0.6 is 19.0 Å². The number of carboxylic acids is 1. The Morgan fingerprint density at radius 2 is 1.82 bits per heavy atom. The second-order valence-corrected chi connectivity index (χ2v) is 14.6. The maximum Gasteiger partial charge on any atom is 0.320 e. The summed E-state index contributed by atoms with van der Waals surface area (Å²) in [5.41, 5.74) is 5.45. The first-order valence-electron chi connectivity index (χ1n) is 14.5. The van der Waals surface area contributed by atoms with E-state index in [1.54, 1.807) is 6.07 Å². The third kappa shape index (κ3) is 6.83. The average molecular weight is 641 g/mol. The fourth-order valence-corrected chi connectivity index (χ4v) is 6.91. The van der Waals surface area contributed by atoms with Crippen molar-refractivity contribution in [3.63, 3.8) is 0 Å². The van der Waals surface area contributed by atoms with Crippen LogP contribution in [0.2, 0.25) is 5.02 Å². The number of aliphatic hydroxyl groups excluding tert-OH is 1. The number of aliphatic carboxylic acids is 1. The first-order chi connectivity index (χ1) is 21.0. The van der Waals surface area contributed by atoms with Gasteiger partial charge in [-0.25, -0.2) is 4.98 Å². The van der Waals surface area contributed by atoms with Gasteiger partial charge < -0.3 is 34.9 Å². The second-order valence-electron chi connectivity index (χ2n) is 11.6. The van der Waals surface area contributed by atoms with E-state index in [9.17, 15) is 24.5 Å². The number of halogens is 1. The van der Waals surface area contributed by atoms with Gasteiger partial charge in [-0.15, -0.1) is 0 Å². The number of imidazole rings is 1. The zero-order chi connectivity index (χ0) is 31.0. The molecule has 11 nitrogen and oxygen atoms in total. The van der Waals surface area contributed by atoms with E-state index in [2.05, 4.69) is 15.3 Å². The highest BCUT2D eigenvalue weighted by molar-refractivity contribution is 7.57. The van der Waals surface area contributed by atoms with Crippen molar-refractivity contribution >= 4 is 36.1 Å². The number of aromatic amines is 1. The van der Waals surface area contributed by atoms with Gasteiger partial charge in [0.15, 0.2) is 13.0 Å². The van der Waals surface area contributed by atoms with Crippen molar-refractivity contribution in [2.24, 2.45) is 5.92 Å². The number of H-pyrrole nitrogens is 1. The van der Waals surface area contributed by atoms with Gasteiger partial charge in [-0.3, -0.25) is 9.36 Å². The number of hydrogen-bond acceptors (Lipinski definition) is 8. The zero-order valence-corrected chi connectivity index (χ0v) is 25.7. The van der Waals surface area contributed by atoms with Crippen molar-refractivity contribution in [3.05, 3.63) is 65.2 Å². The molecule has 1 aliphatic carbocycles. The minimum absolute atomic E-state index is 0.0545. The van der Waals surface area contributed by atoms with Crippen LogP contribution in [-0.2, 0) is 20.6 Å². The van der Waals surface area contributed by atoms with Gasteiger partial charge in [0.05, 0.1) is 35.0 Å². The molecule has 0 bridgehead atoms. The van der Waals surface area contributed by atoms with Gasteiger partial charge in [-0.2, -0.15) is 4.98 Å². The summed E-state index contributed by atoms with van der Waals surface area (Å²) in [5.74, 6) is -0.908. The third-order valence-corrected chi connectivity index (χ3v) is 9.70. The molecule has 3 heterocycles. The van der Waals surface area contributed by atoms with E-state index in [0.29, 0.717) is 47.5 Å². The lowest BCUT2D eigenvalue weighted by molar-refractivity contribution is -0.139. The lowest BCUT2D eigenvalue weighted by Crippen LogP contribution is -2.36. The lowest BCUT2D eigenvalue weighted by atomic mass is 10.0. The largest absolute Gasteiger partial charge is 0.480 e. The van der Waals surface area contributed by atoms with Crippen LogP contribution < -0.4 is 10.1 Å². The van der Waals surface area contributed by atoms with Crippen LogP contribution in [0, 0.1) is 5.92 Å². The van der Waals surface area contributed by atoms with Gasteiger partial charge in [-0.05, 0) is 42.0 Å². The number of carbonyl (C=O) groups is 1. The van der Waals surface area contributed by atoms with Crippen molar-refractivity contribution in [2.45, 2.75) is 50.2 Å². The van der Waals surface area contributed by atoms with E-state index in [1.807, 2.05) is 48.5 Å². The number of aromatic nitrogens is 3. The number of carboxylic acid groups (broad SMARTS) is 1. The van der Waals surface area contributed by atoms with Gasteiger partial charge in [0.25, 0.3) is 6.01 Å². The molecule has 1 saturated heterocycles. The minimum atomic E-state index is -3.28. The third-order valence-electron chi connectivity index (χ3n) is 8.32. The molecular formula is C31H34ClN4O7P. The van der Waals surface area contributed by atoms with Gasteiger partial charge in [0.1, 0.15) is 12.1 Å². The molecule has 2 aliphatic rings. The van der Waals surface area contributed by atoms with E-state index >= 15 is 0 Å². The molecule has 0 amide bonds. The molecule has 6 rings (SSSR count). The number of hydrogen-bond donors (Lipinski definition) is 5. The SMILES string of the molecule is CP(=O)(O)CCC(NCc1ccc(-c2ccc(-c3nc4nc(O[C@@H]5CO[C@H]6[C@@H]5CC[C@H]6O)[nH]c4cc3Cl)cc2)cc1)C(=O)O. The molecule has 0 spiro atoms. The van der Waals surface area contributed by atoms with E-state index < -0.39 is 25.5 Å². The molecule has 2 fully saturated rings. The van der Waals surface area contributed by atoms with E-state index in [-0.39, 0.29) is 30.7 Å². The molecule has 4 aromatic rings. The number of benzene rings is 2. The van der Waals surface area contributed by atoms with Crippen molar-refractivity contribution in [1.29, 1.82) is 0 Å². The Kier molecular flexibility index (Phi) is 8.79. The summed E-state index contributed by atoms with van der Waals surface area (Å²) in [6, 6.07) is 16.8. The van der Waals surface area contributed by atoms with Crippen molar-refractivity contribution in [1.82, 2.24) is 20.3 Å². The van der Waals surface area contributed by atoms with Crippen LogP contribution in [0.15, 0.2) is 54.6 Å². The minimum Gasteiger partial charge on any atom is -0.480 e. The van der Waals surface area contributed by atoms with Crippen molar-refractivity contribution in [3.8, 4) is 28.4 Å². The Labute approximate surface area is 259 Å². The maximum atomic E-state index is 11.6. The molecule has 5 N–H and O–H groups in total. The summed E-state index contributed by atoms with van der Waals surface area (Å²) in [7, 11) is -3.28. The summed E-state index contributed by atoms with van der Waals surface area (Å²) in [5, 5.41) is 23.0. The van der Waals surface area contributed by atoms with E-state index in [0.717, 1.165) is 28.7 Å². The number of pyridine rings is 1. The van der Waals surface area contributed by atoms with E-state index in [4.69, 9.17) is 26.1 Å². The number of rotatable bonds is 11. The molecule has 1 aliphatic heterocycles. The smallest absolute Gasteiger partial charge is 0.320 e. The quantitative estimate of drug-likeness (QED) is 0.145. The molecular weight excluding hydrogens is 607 g/mol. The summed E-state index contributed by atoms with van der Waals surface area (Å²) in [4.78, 5) is 33.4. The average Bonchev–Trinajstić information content (AvgIpc) is 3.68. The predicted molar refractivity (Wildman–Crippen MR) is 166 cm³/mol. The summed E-state index contributed by atoms with van der Waals surface area (Å²) in [6.07, 6.45) is 0.788. The Morgan fingerprint density at radius 1 is 1.14 bits per heavy atom. The van der Waals surface area contributed by atoms with Crippen LogP contribution in [0.1, 0.15) is 24.8 Å². The highest BCUT2D eigenvalue weighted by Crippen LogP contribution is 2.39. The van der Waals surface area contributed by atoms with Crippen LogP contribution in [0.25, 0.3) is 33.5 Å². The van der Waals surface area contributed by atoms with Gasteiger partial charge in [-0.1, -0.05) is 60.1 Å². The normalized spacial score (nSPS) is 23.4. The number of fused-ring (bicyclic) bond motifs is 2. The van der Waals surface area contributed by atoms with Crippen LogP contribution in [0.5, 0.6) is 6.01 Å². The highest BCUT2D eigenvalue weighted by atomic mass is 35.5. The molecule has 13 heteroatoms. The summed E-state index contributed by atoms with van der Waals surface area (Å²) >= 11 is 6.63.